The fourth-order valence-electron chi connectivity index (χ4n) is 2.83. The largest absolute Gasteiger partial charge is 0.478 e. The Balaban J connectivity index is 1.65. The Kier molecular flexibility index (Phi) is 4.87. The molecule has 4 nitrogen and oxygen atoms in total. The van der Waals surface area contributed by atoms with E-state index in [4.69, 9.17) is 9.84 Å². The van der Waals surface area contributed by atoms with Crippen molar-refractivity contribution in [3.63, 3.8) is 0 Å². The average Bonchev–Trinajstić information content (AvgIpc) is 3.04. The first-order chi connectivity index (χ1) is 11.5. The van der Waals surface area contributed by atoms with Crippen molar-refractivity contribution >= 4 is 5.97 Å². The fraction of sp³-hybridized carbons (Fsp3) is 0.278. The number of carbonyl (C=O) groups is 1. The van der Waals surface area contributed by atoms with Gasteiger partial charge in [0.15, 0.2) is 11.6 Å². The number of carboxylic acids is 1. The van der Waals surface area contributed by atoms with E-state index in [0.717, 1.165) is 18.1 Å². The van der Waals surface area contributed by atoms with Crippen LogP contribution in [-0.2, 0) is 11.3 Å². The smallest absolute Gasteiger partial charge is 0.335 e. The maximum atomic E-state index is 13.4. The fourth-order valence-corrected chi connectivity index (χ4v) is 2.83. The number of carboxylic acid groups (broad SMARTS) is 1. The molecule has 1 aliphatic rings. The lowest BCUT2D eigenvalue weighted by atomic mass is 10.0. The Labute approximate surface area is 138 Å². The van der Waals surface area contributed by atoms with E-state index in [2.05, 4.69) is 5.32 Å². The van der Waals surface area contributed by atoms with Crippen LogP contribution in [0.4, 0.5) is 8.78 Å². The maximum Gasteiger partial charge on any atom is 0.335 e. The highest BCUT2D eigenvalue weighted by atomic mass is 19.2. The minimum Gasteiger partial charge on any atom is -0.478 e. The summed E-state index contributed by atoms with van der Waals surface area (Å²) in [6, 6.07) is 10.4. The van der Waals surface area contributed by atoms with Gasteiger partial charge in [-0.1, -0.05) is 18.2 Å². The lowest BCUT2D eigenvalue weighted by Crippen LogP contribution is -2.31. The molecule has 3 rings (SSSR count). The summed E-state index contributed by atoms with van der Waals surface area (Å²) in [6.07, 6.45) is 0.426. The molecule has 6 heteroatoms. The van der Waals surface area contributed by atoms with Crippen molar-refractivity contribution in [1.82, 2.24) is 5.32 Å². The summed E-state index contributed by atoms with van der Waals surface area (Å²) < 4.78 is 32.1. The summed E-state index contributed by atoms with van der Waals surface area (Å²) in [6.45, 7) is 1.08. The average molecular weight is 333 g/mol. The molecule has 2 aromatic rings. The van der Waals surface area contributed by atoms with Crippen LogP contribution in [0.15, 0.2) is 42.5 Å². The number of hydrogen-bond acceptors (Lipinski definition) is 3. The minimum absolute atomic E-state index is 0.0194. The van der Waals surface area contributed by atoms with Crippen LogP contribution >= 0.6 is 0 Å². The monoisotopic (exact) mass is 333 g/mol. The van der Waals surface area contributed by atoms with E-state index < -0.39 is 17.6 Å². The molecule has 0 aromatic heterocycles. The molecule has 0 aliphatic carbocycles. The summed E-state index contributed by atoms with van der Waals surface area (Å²) in [5.74, 6) is -2.72. The second-order valence-corrected chi connectivity index (χ2v) is 5.74. The van der Waals surface area contributed by atoms with Crippen LogP contribution in [0.1, 0.15) is 34.0 Å². The second kappa shape index (κ2) is 7.07. The van der Waals surface area contributed by atoms with Gasteiger partial charge in [-0.3, -0.25) is 0 Å². The zero-order chi connectivity index (χ0) is 17.1. The van der Waals surface area contributed by atoms with Crippen LogP contribution in [0.5, 0.6) is 0 Å². The number of benzene rings is 2. The van der Waals surface area contributed by atoms with Crippen molar-refractivity contribution in [3.05, 3.63) is 70.8 Å². The first kappa shape index (κ1) is 16.5. The molecule has 1 aliphatic heterocycles. The second-order valence-electron chi connectivity index (χ2n) is 5.74. The zero-order valence-electron chi connectivity index (χ0n) is 12.8. The van der Waals surface area contributed by atoms with E-state index in [1.165, 1.54) is 12.1 Å². The molecule has 0 spiro atoms. The van der Waals surface area contributed by atoms with Crippen molar-refractivity contribution in [2.45, 2.75) is 25.1 Å². The van der Waals surface area contributed by atoms with Crippen molar-refractivity contribution < 1.29 is 23.4 Å². The molecular weight excluding hydrogens is 316 g/mol. The Morgan fingerprint density at radius 2 is 1.92 bits per heavy atom. The van der Waals surface area contributed by atoms with Gasteiger partial charge in [0.2, 0.25) is 0 Å². The highest BCUT2D eigenvalue weighted by Gasteiger charge is 2.29. The molecular formula is C18H17F2NO3. The van der Waals surface area contributed by atoms with Gasteiger partial charge < -0.3 is 15.2 Å². The molecule has 2 aromatic carbocycles. The topological polar surface area (TPSA) is 58.6 Å². The molecule has 0 bridgehead atoms. The summed E-state index contributed by atoms with van der Waals surface area (Å²) >= 11 is 0. The van der Waals surface area contributed by atoms with Gasteiger partial charge in [0, 0.05) is 19.2 Å². The van der Waals surface area contributed by atoms with Crippen LogP contribution in [-0.4, -0.2) is 23.7 Å². The van der Waals surface area contributed by atoms with Crippen LogP contribution in [0.3, 0.4) is 0 Å². The van der Waals surface area contributed by atoms with Crippen LogP contribution in [0, 0.1) is 11.6 Å². The summed E-state index contributed by atoms with van der Waals surface area (Å²) in [7, 11) is 0. The third kappa shape index (κ3) is 3.60. The molecule has 2 unspecified atom stereocenters. The van der Waals surface area contributed by atoms with Gasteiger partial charge in [-0.2, -0.15) is 0 Å². The highest BCUT2D eigenvalue weighted by Crippen LogP contribution is 2.30. The molecule has 24 heavy (non-hydrogen) atoms. The predicted molar refractivity (Wildman–Crippen MR) is 83.7 cm³/mol. The van der Waals surface area contributed by atoms with Gasteiger partial charge in [0.25, 0.3) is 0 Å². The van der Waals surface area contributed by atoms with E-state index in [0.29, 0.717) is 18.7 Å². The number of rotatable bonds is 5. The van der Waals surface area contributed by atoms with Gasteiger partial charge in [-0.15, -0.1) is 0 Å². The van der Waals surface area contributed by atoms with Gasteiger partial charge >= 0.3 is 5.97 Å². The van der Waals surface area contributed by atoms with Crippen molar-refractivity contribution in [2.75, 3.05) is 6.61 Å². The van der Waals surface area contributed by atoms with Gasteiger partial charge in [0.05, 0.1) is 11.7 Å². The maximum absolute atomic E-state index is 13.4. The van der Waals surface area contributed by atoms with E-state index in [-0.39, 0.29) is 17.7 Å². The Bertz CT molecular complexity index is 734. The third-order valence-electron chi connectivity index (χ3n) is 4.13. The molecule has 1 saturated heterocycles. The third-order valence-corrected chi connectivity index (χ3v) is 4.13. The van der Waals surface area contributed by atoms with Crippen molar-refractivity contribution in [3.8, 4) is 0 Å². The van der Waals surface area contributed by atoms with Crippen LogP contribution < -0.4 is 5.32 Å². The van der Waals surface area contributed by atoms with Crippen LogP contribution in [0.25, 0.3) is 0 Å². The molecule has 1 fully saturated rings. The van der Waals surface area contributed by atoms with Crippen molar-refractivity contribution in [1.29, 1.82) is 0 Å². The van der Waals surface area contributed by atoms with Gasteiger partial charge in [0.1, 0.15) is 0 Å². The van der Waals surface area contributed by atoms with Crippen molar-refractivity contribution in [2.24, 2.45) is 0 Å². The number of hydrogen-bond donors (Lipinski definition) is 2. The van der Waals surface area contributed by atoms with E-state index in [1.54, 1.807) is 24.3 Å². The van der Waals surface area contributed by atoms with Gasteiger partial charge in [-0.05, 0) is 41.8 Å². The number of aromatic carboxylic acids is 1. The molecule has 0 amide bonds. The molecule has 2 N–H and O–H groups in total. The minimum atomic E-state index is -0.961. The first-order valence-electron chi connectivity index (χ1n) is 7.67. The first-order valence-corrected chi connectivity index (χ1v) is 7.67. The highest BCUT2D eigenvalue weighted by molar-refractivity contribution is 5.87. The number of nitrogens with one attached hydrogen (secondary N) is 1. The molecule has 0 radical (unpaired) electrons. The quantitative estimate of drug-likeness (QED) is 0.882. The summed E-state index contributed by atoms with van der Waals surface area (Å²) in [5, 5.41) is 12.2. The zero-order valence-corrected chi connectivity index (χ0v) is 12.8. The standard InChI is InChI=1S/C18H17F2NO3/c19-14-6-5-13(9-15(14)20)17-16(7-8-24-17)21-10-11-1-3-12(4-2-11)18(22)23/h1-6,9,16-17,21H,7-8,10H2,(H,22,23). The summed E-state index contributed by atoms with van der Waals surface area (Å²) in [4.78, 5) is 10.8. The lowest BCUT2D eigenvalue weighted by Gasteiger charge is -2.20. The SMILES string of the molecule is O=C(O)c1ccc(CNC2CCOC2c2ccc(F)c(F)c2)cc1. The number of halogens is 2. The lowest BCUT2D eigenvalue weighted by molar-refractivity contribution is 0.0697. The van der Waals surface area contributed by atoms with E-state index in [1.807, 2.05) is 0 Å². The summed E-state index contributed by atoms with van der Waals surface area (Å²) in [5.41, 5.74) is 1.78. The normalized spacial score (nSPS) is 20.2. The molecule has 0 saturated carbocycles. The van der Waals surface area contributed by atoms with E-state index >= 15 is 0 Å². The van der Waals surface area contributed by atoms with E-state index in [9.17, 15) is 13.6 Å². The molecule has 2 atom stereocenters. The Morgan fingerprint density at radius 3 is 2.58 bits per heavy atom. The molecule has 1 heterocycles. The Morgan fingerprint density at radius 1 is 1.17 bits per heavy atom. The van der Waals surface area contributed by atoms with Crippen LogP contribution in [0.2, 0.25) is 0 Å². The predicted octanol–water partition coefficient (Wildman–Crippen LogP) is 3.28. The van der Waals surface area contributed by atoms with Gasteiger partial charge in [-0.25, -0.2) is 13.6 Å². The Hall–Kier alpha value is -2.31. The number of ether oxygens (including phenoxy) is 1. The molecule has 126 valence electrons.